The van der Waals surface area contributed by atoms with Crippen LogP contribution in [0, 0.1) is 11.3 Å². The fourth-order valence-electron chi connectivity index (χ4n) is 5.09. The Hall–Kier alpha value is -4.32. The van der Waals surface area contributed by atoms with Crippen molar-refractivity contribution in [3.8, 4) is 34.2 Å². The number of ether oxygens (including phenoxy) is 1. The van der Waals surface area contributed by atoms with Crippen molar-refractivity contribution >= 4 is 16.6 Å². The standard InChI is InChI=1S/C23H15N5O.C8H17NO/c1-29-22-11-18(16-4-2-15(12-24)3-5-16)23(28-14-25-13-21(22)28)17-6-7-19-20(10-17)27-9-8-26-19;1-8(10)7-9-5-3-2-4-6-9/h2-11,13-14H,1H3;8,10H,2-7H2,1H3. The molecule has 1 unspecified atom stereocenters. The summed E-state index contributed by atoms with van der Waals surface area (Å²) in [5, 5.41) is 18.2. The molecule has 2 aromatic carbocycles. The van der Waals surface area contributed by atoms with Gasteiger partial charge in [-0.3, -0.25) is 14.4 Å². The molecule has 8 nitrogen and oxygen atoms in total. The molecular formula is C31H32N6O2. The second-order valence-electron chi connectivity index (χ2n) is 9.78. The lowest BCUT2D eigenvalue weighted by Gasteiger charge is -2.27. The maximum atomic E-state index is 9.13. The van der Waals surface area contributed by atoms with E-state index >= 15 is 0 Å². The van der Waals surface area contributed by atoms with Crippen LogP contribution in [-0.2, 0) is 0 Å². The molecule has 4 heterocycles. The lowest BCUT2D eigenvalue weighted by atomic mass is 9.97. The molecule has 1 N–H and O–H groups in total. The van der Waals surface area contributed by atoms with Crippen molar-refractivity contribution in [2.75, 3.05) is 26.7 Å². The Balaban J connectivity index is 0.000000261. The summed E-state index contributed by atoms with van der Waals surface area (Å²) in [6.07, 6.45) is 10.8. The van der Waals surface area contributed by atoms with E-state index in [1.54, 1.807) is 32.0 Å². The first-order valence-corrected chi connectivity index (χ1v) is 13.2. The maximum Gasteiger partial charge on any atom is 0.145 e. The van der Waals surface area contributed by atoms with Crippen molar-refractivity contribution in [3.05, 3.63) is 79.0 Å². The SMILES string of the molecule is CC(O)CN1CCCCC1.COc1cc(-c2ccc(C#N)cc2)c(-c2ccc3nccnc3c2)n2cncc12. The first-order chi connectivity index (χ1) is 19.1. The van der Waals surface area contributed by atoms with Crippen LogP contribution < -0.4 is 4.74 Å². The lowest BCUT2D eigenvalue weighted by Crippen LogP contribution is -2.35. The van der Waals surface area contributed by atoms with Crippen molar-refractivity contribution in [2.45, 2.75) is 32.3 Å². The van der Waals surface area contributed by atoms with Crippen LogP contribution in [0.3, 0.4) is 0 Å². The van der Waals surface area contributed by atoms with Gasteiger partial charge in [0.15, 0.2) is 0 Å². The Morgan fingerprint density at radius 3 is 2.38 bits per heavy atom. The minimum Gasteiger partial charge on any atom is -0.494 e. The van der Waals surface area contributed by atoms with Crippen molar-refractivity contribution in [2.24, 2.45) is 0 Å². The molecule has 0 bridgehead atoms. The summed E-state index contributed by atoms with van der Waals surface area (Å²) in [6, 6.07) is 17.7. The number of fused-ring (bicyclic) bond motifs is 2. The molecule has 6 rings (SSSR count). The number of rotatable bonds is 5. The number of nitriles is 1. The minimum atomic E-state index is -0.155. The van der Waals surface area contributed by atoms with Crippen molar-refractivity contribution in [1.82, 2.24) is 24.3 Å². The van der Waals surface area contributed by atoms with Gasteiger partial charge >= 0.3 is 0 Å². The molecule has 198 valence electrons. The number of aliphatic hydroxyl groups is 1. The highest BCUT2D eigenvalue weighted by Gasteiger charge is 2.17. The molecule has 1 fully saturated rings. The highest BCUT2D eigenvalue weighted by Crippen LogP contribution is 2.38. The molecular weight excluding hydrogens is 488 g/mol. The van der Waals surface area contributed by atoms with Gasteiger partial charge in [0.2, 0.25) is 0 Å². The average molecular weight is 521 g/mol. The highest BCUT2D eigenvalue weighted by atomic mass is 16.5. The summed E-state index contributed by atoms with van der Waals surface area (Å²) in [7, 11) is 1.65. The minimum absolute atomic E-state index is 0.155. The highest BCUT2D eigenvalue weighted by molar-refractivity contribution is 5.89. The van der Waals surface area contributed by atoms with Crippen LogP contribution in [0.1, 0.15) is 31.7 Å². The molecule has 1 atom stereocenters. The van der Waals surface area contributed by atoms with Gasteiger partial charge in [0.1, 0.15) is 11.3 Å². The van der Waals surface area contributed by atoms with Gasteiger partial charge in [0, 0.05) is 30.1 Å². The number of hydrogen-bond acceptors (Lipinski definition) is 7. The number of likely N-dealkylation sites (tertiary alicyclic amines) is 1. The zero-order chi connectivity index (χ0) is 27.2. The third-order valence-corrected chi connectivity index (χ3v) is 6.92. The summed E-state index contributed by atoms with van der Waals surface area (Å²) in [4.78, 5) is 15.5. The Morgan fingerprint density at radius 2 is 1.69 bits per heavy atom. The smallest absolute Gasteiger partial charge is 0.145 e. The molecule has 3 aromatic heterocycles. The van der Waals surface area contributed by atoms with E-state index in [9.17, 15) is 0 Å². The van der Waals surface area contributed by atoms with E-state index in [2.05, 4.69) is 25.9 Å². The number of benzene rings is 2. The second-order valence-corrected chi connectivity index (χ2v) is 9.78. The van der Waals surface area contributed by atoms with Crippen LogP contribution in [-0.4, -0.2) is 62.2 Å². The van der Waals surface area contributed by atoms with Crippen LogP contribution in [0.15, 0.2) is 73.4 Å². The molecule has 0 spiro atoms. The summed E-state index contributed by atoms with van der Waals surface area (Å²) in [5.41, 5.74) is 7.06. The Kier molecular flexibility index (Phi) is 8.11. The van der Waals surface area contributed by atoms with Gasteiger partial charge in [-0.05, 0) is 68.8 Å². The van der Waals surface area contributed by atoms with Crippen LogP contribution in [0.5, 0.6) is 5.75 Å². The van der Waals surface area contributed by atoms with Gasteiger partial charge in [0.05, 0.1) is 54.1 Å². The number of β-amino-alcohol motifs (C(OH)–C–C–N with tert-alkyl or cyclic N) is 1. The van der Waals surface area contributed by atoms with Gasteiger partial charge in [-0.15, -0.1) is 0 Å². The van der Waals surface area contributed by atoms with E-state index in [0.29, 0.717) is 5.56 Å². The zero-order valence-corrected chi connectivity index (χ0v) is 22.3. The van der Waals surface area contributed by atoms with Crippen LogP contribution in [0.25, 0.3) is 38.9 Å². The number of imidazole rings is 1. The molecule has 39 heavy (non-hydrogen) atoms. The molecule has 1 saturated heterocycles. The number of aliphatic hydroxyl groups excluding tert-OH is 1. The average Bonchev–Trinajstić information content (AvgIpc) is 3.47. The maximum absolute atomic E-state index is 9.13. The first-order valence-electron chi connectivity index (χ1n) is 13.2. The van der Waals surface area contributed by atoms with Crippen molar-refractivity contribution in [1.29, 1.82) is 5.26 Å². The Labute approximate surface area is 228 Å². The third kappa shape index (κ3) is 5.90. The Bertz CT molecular complexity index is 1600. The van der Waals surface area contributed by atoms with E-state index in [-0.39, 0.29) is 6.10 Å². The number of nitrogens with zero attached hydrogens (tertiary/aromatic N) is 6. The number of pyridine rings is 1. The largest absolute Gasteiger partial charge is 0.494 e. The van der Waals surface area contributed by atoms with E-state index < -0.39 is 0 Å². The molecule has 0 saturated carbocycles. The number of aromatic nitrogens is 4. The monoisotopic (exact) mass is 520 g/mol. The predicted molar refractivity (Wildman–Crippen MR) is 152 cm³/mol. The molecule has 0 radical (unpaired) electrons. The lowest BCUT2D eigenvalue weighted by molar-refractivity contribution is 0.114. The quantitative estimate of drug-likeness (QED) is 0.334. The fourth-order valence-corrected chi connectivity index (χ4v) is 5.09. The normalized spacial score (nSPS) is 14.4. The van der Waals surface area contributed by atoms with E-state index in [4.69, 9.17) is 15.1 Å². The van der Waals surface area contributed by atoms with Crippen LogP contribution in [0.4, 0.5) is 0 Å². The zero-order valence-electron chi connectivity index (χ0n) is 22.3. The van der Waals surface area contributed by atoms with Gasteiger partial charge in [-0.25, -0.2) is 4.98 Å². The summed E-state index contributed by atoms with van der Waals surface area (Å²) >= 11 is 0. The Morgan fingerprint density at radius 1 is 0.974 bits per heavy atom. The molecule has 8 heteroatoms. The summed E-state index contributed by atoms with van der Waals surface area (Å²) in [5.74, 6) is 0.728. The predicted octanol–water partition coefficient (Wildman–Crippen LogP) is 5.34. The number of piperidine rings is 1. The van der Waals surface area contributed by atoms with Crippen LogP contribution >= 0.6 is 0 Å². The summed E-state index contributed by atoms with van der Waals surface area (Å²) < 4.78 is 7.64. The van der Waals surface area contributed by atoms with Gasteiger partial charge in [0.25, 0.3) is 0 Å². The molecule has 0 aliphatic carbocycles. The molecule has 5 aromatic rings. The fraction of sp³-hybridized carbons (Fsp3) is 0.290. The first kappa shape index (κ1) is 26.3. The molecule has 1 aliphatic heterocycles. The van der Waals surface area contributed by atoms with Gasteiger partial charge in [-0.1, -0.05) is 24.6 Å². The molecule has 0 amide bonds. The molecule has 1 aliphatic rings. The second kappa shape index (κ2) is 12.0. The van der Waals surface area contributed by atoms with E-state index in [1.165, 1.54) is 32.4 Å². The van der Waals surface area contributed by atoms with Gasteiger partial charge in [-0.2, -0.15) is 5.26 Å². The van der Waals surface area contributed by atoms with E-state index in [1.807, 2.05) is 59.9 Å². The van der Waals surface area contributed by atoms with Crippen LogP contribution in [0.2, 0.25) is 0 Å². The van der Waals surface area contributed by atoms with Crippen molar-refractivity contribution in [3.63, 3.8) is 0 Å². The number of methoxy groups -OCH3 is 1. The topological polar surface area (TPSA) is 99.6 Å². The third-order valence-electron chi connectivity index (χ3n) is 6.92. The van der Waals surface area contributed by atoms with Crippen molar-refractivity contribution < 1.29 is 9.84 Å². The van der Waals surface area contributed by atoms with Gasteiger partial charge < -0.3 is 14.7 Å². The summed E-state index contributed by atoms with van der Waals surface area (Å²) in [6.45, 7) is 5.09. The number of hydrogen-bond donors (Lipinski definition) is 1. The van der Waals surface area contributed by atoms with E-state index in [0.717, 1.165) is 51.2 Å².